The van der Waals surface area contributed by atoms with E-state index in [0.29, 0.717) is 12.6 Å². The summed E-state index contributed by atoms with van der Waals surface area (Å²) in [6.45, 7) is 13.2. The summed E-state index contributed by atoms with van der Waals surface area (Å²) >= 11 is 0. The number of nitrogens with zero attached hydrogens (tertiary/aromatic N) is 3. The van der Waals surface area contributed by atoms with Gasteiger partial charge in [0.05, 0.1) is 6.54 Å². The van der Waals surface area contributed by atoms with Crippen LogP contribution in [0.2, 0.25) is 0 Å². The van der Waals surface area contributed by atoms with Crippen LogP contribution >= 0.6 is 0 Å². The first-order chi connectivity index (χ1) is 9.15. The third-order valence-electron chi connectivity index (χ3n) is 4.14. The molecule has 1 aliphatic heterocycles. The molecule has 1 fully saturated rings. The molecule has 19 heavy (non-hydrogen) atoms. The van der Waals surface area contributed by atoms with Crippen molar-refractivity contribution in [1.82, 2.24) is 14.7 Å². The highest BCUT2D eigenvalue weighted by molar-refractivity contribution is 5.78. The summed E-state index contributed by atoms with van der Waals surface area (Å²) in [6, 6.07) is 0.501. The van der Waals surface area contributed by atoms with Crippen LogP contribution in [-0.4, -0.2) is 79.0 Å². The first kappa shape index (κ1) is 16.4. The fourth-order valence-corrected chi connectivity index (χ4v) is 2.73. The lowest BCUT2D eigenvalue weighted by molar-refractivity contribution is -0.132. The minimum atomic E-state index is 0.254. The summed E-state index contributed by atoms with van der Waals surface area (Å²) < 4.78 is 0. The molecule has 0 spiro atoms. The van der Waals surface area contributed by atoms with Gasteiger partial charge in [0.1, 0.15) is 0 Å². The fourth-order valence-electron chi connectivity index (χ4n) is 2.73. The molecule has 112 valence electrons. The van der Waals surface area contributed by atoms with E-state index in [1.54, 1.807) is 0 Å². The Morgan fingerprint density at radius 2 is 1.74 bits per heavy atom. The van der Waals surface area contributed by atoms with Crippen molar-refractivity contribution < 1.29 is 4.79 Å². The van der Waals surface area contributed by atoms with Crippen molar-refractivity contribution >= 4 is 5.91 Å². The van der Waals surface area contributed by atoms with Crippen molar-refractivity contribution in [2.45, 2.75) is 33.2 Å². The summed E-state index contributed by atoms with van der Waals surface area (Å²) in [6.07, 6.45) is 1.11. The van der Waals surface area contributed by atoms with E-state index < -0.39 is 0 Å². The Morgan fingerprint density at radius 3 is 2.16 bits per heavy atom. The van der Waals surface area contributed by atoms with Crippen LogP contribution in [0, 0.1) is 0 Å². The number of carbonyl (C=O) groups excluding carboxylic acids is 1. The Kier molecular flexibility index (Phi) is 7.34. The van der Waals surface area contributed by atoms with E-state index in [1.165, 1.54) is 0 Å². The van der Waals surface area contributed by atoms with E-state index >= 15 is 0 Å². The second kappa shape index (κ2) is 8.51. The number of likely N-dealkylation sites (N-methyl/N-ethyl adjacent to an activating group) is 1. The van der Waals surface area contributed by atoms with Crippen molar-refractivity contribution in [3.63, 3.8) is 0 Å². The molecule has 0 saturated carbocycles. The van der Waals surface area contributed by atoms with Crippen LogP contribution in [0.15, 0.2) is 0 Å². The Hall–Kier alpha value is -0.650. The average molecular weight is 270 g/mol. The third kappa shape index (κ3) is 4.75. The maximum Gasteiger partial charge on any atom is 0.236 e. The van der Waals surface area contributed by atoms with Crippen LogP contribution in [0.25, 0.3) is 0 Å². The van der Waals surface area contributed by atoms with Crippen LogP contribution in [0.5, 0.6) is 0 Å². The number of hydrogen-bond donors (Lipinski definition) is 1. The zero-order valence-corrected chi connectivity index (χ0v) is 12.8. The Morgan fingerprint density at radius 1 is 1.16 bits per heavy atom. The number of amides is 1. The third-order valence-corrected chi connectivity index (χ3v) is 4.14. The van der Waals surface area contributed by atoms with Gasteiger partial charge in [0, 0.05) is 51.9 Å². The molecule has 0 aromatic rings. The molecule has 1 saturated heterocycles. The Labute approximate surface area is 117 Å². The predicted octanol–water partition coefficient (Wildman–Crippen LogP) is 0.210. The van der Waals surface area contributed by atoms with Crippen molar-refractivity contribution in [1.29, 1.82) is 0 Å². The number of piperazine rings is 1. The highest BCUT2D eigenvalue weighted by Crippen LogP contribution is 2.08. The van der Waals surface area contributed by atoms with Gasteiger partial charge in [-0.25, -0.2) is 0 Å². The smallest absolute Gasteiger partial charge is 0.236 e. The first-order valence-corrected chi connectivity index (χ1v) is 7.60. The average Bonchev–Trinajstić information content (AvgIpc) is 2.43. The molecule has 5 heteroatoms. The molecular weight excluding hydrogens is 240 g/mol. The van der Waals surface area contributed by atoms with Crippen molar-refractivity contribution in [2.24, 2.45) is 5.73 Å². The number of carbonyl (C=O) groups is 1. The Balaban J connectivity index is 2.36. The Bertz CT molecular complexity index is 256. The van der Waals surface area contributed by atoms with Crippen LogP contribution in [0.3, 0.4) is 0 Å². The van der Waals surface area contributed by atoms with E-state index in [4.69, 9.17) is 5.73 Å². The molecular formula is C14H30N4O. The number of hydrogen-bond acceptors (Lipinski definition) is 4. The van der Waals surface area contributed by atoms with E-state index in [0.717, 1.165) is 52.2 Å². The second-order valence-electron chi connectivity index (χ2n) is 5.18. The van der Waals surface area contributed by atoms with E-state index in [-0.39, 0.29) is 5.91 Å². The lowest BCUT2D eigenvalue weighted by atomic mass is 10.1. The maximum atomic E-state index is 12.1. The number of rotatable bonds is 7. The molecule has 0 aliphatic carbocycles. The minimum Gasteiger partial charge on any atom is -0.342 e. The SMILES string of the molecule is CCC(CN)N1CCN(CC(=O)N(CC)CC)CC1. The van der Waals surface area contributed by atoms with Gasteiger partial charge in [0.15, 0.2) is 0 Å². The molecule has 1 rings (SSSR count). The molecule has 1 aliphatic rings. The highest BCUT2D eigenvalue weighted by atomic mass is 16.2. The molecule has 0 aromatic carbocycles. The van der Waals surface area contributed by atoms with Crippen LogP contribution in [0.1, 0.15) is 27.2 Å². The molecule has 1 unspecified atom stereocenters. The van der Waals surface area contributed by atoms with E-state index in [9.17, 15) is 4.79 Å². The van der Waals surface area contributed by atoms with Gasteiger partial charge in [0.25, 0.3) is 0 Å². The lowest BCUT2D eigenvalue weighted by Gasteiger charge is -2.38. The van der Waals surface area contributed by atoms with Gasteiger partial charge in [-0.05, 0) is 20.3 Å². The highest BCUT2D eigenvalue weighted by Gasteiger charge is 2.23. The topological polar surface area (TPSA) is 52.8 Å². The van der Waals surface area contributed by atoms with Crippen molar-refractivity contribution in [3.8, 4) is 0 Å². The quantitative estimate of drug-likeness (QED) is 0.718. The van der Waals surface area contributed by atoms with E-state index in [1.807, 2.05) is 18.7 Å². The van der Waals surface area contributed by atoms with Gasteiger partial charge in [-0.1, -0.05) is 6.92 Å². The molecule has 0 bridgehead atoms. The molecule has 1 atom stereocenters. The number of nitrogens with two attached hydrogens (primary N) is 1. The summed E-state index contributed by atoms with van der Waals surface area (Å²) in [5, 5.41) is 0. The molecule has 0 radical (unpaired) electrons. The van der Waals surface area contributed by atoms with E-state index in [2.05, 4.69) is 16.7 Å². The van der Waals surface area contributed by atoms with Crippen molar-refractivity contribution in [3.05, 3.63) is 0 Å². The molecule has 0 aromatic heterocycles. The normalized spacial score (nSPS) is 19.4. The first-order valence-electron chi connectivity index (χ1n) is 7.60. The van der Waals surface area contributed by atoms with Gasteiger partial charge in [-0.3, -0.25) is 14.6 Å². The lowest BCUT2D eigenvalue weighted by Crippen LogP contribution is -2.54. The van der Waals surface area contributed by atoms with Gasteiger partial charge in [0.2, 0.25) is 5.91 Å². The largest absolute Gasteiger partial charge is 0.342 e. The van der Waals surface area contributed by atoms with Gasteiger partial charge in [-0.15, -0.1) is 0 Å². The second-order valence-corrected chi connectivity index (χ2v) is 5.18. The molecule has 1 heterocycles. The van der Waals surface area contributed by atoms with Crippen molar-refractivity contribution in [2.75, 3.05) is 52.4 Å². The summed E-state index contributed by atoms with van der Waals surface area (Å²) in [7, 11) is 0. The van der Waals surface area contributed by atoms with Crippen LogP contribution in [0.4, 0.5) is 0 Å². The van der Waals surface area contributed by atoms with Crippen LogP contribution < -0.4 is 5.73 Å². The standard InChI is InChI=1S/C14H30N4O/c1-4-13(11-15)18-9-7-16(8-10-18)12-14(19)17(5-2)6-3/h13H,4-12,15H2,1-3H3. The van der Waals surface area contributed by atoms with Crippen LogP contribution in [-0.2, 0) is 4.79 Å². The zero-order valence-electron chi connectivity index (χ0n) is 12.8. The fraction of sp³-hybridized carbons (Fsp3) is 0.929. The summed E-state index contributed by atoms with van der Waals surface area (Å²) in [5.41, 5.74) is 5.79. The van der Waals surface area contributed by atoms with Gasteiger partial charge in [-0.2, -0.15) is 0 Å². The molecule has 1 amide bonds. The predicted molar refractivity (Wildman–Crippen MR) is 79.1 cm³/mol. The van der Waals surface area contributed by atoms with Gasteiger partial charge >= 0.3 is 0 Å². The summed E-state index contributed by atoms with van der Waals surface area (Å²) in [5.74, 6) is 0.254. The summed E-state index contributed by atoms with van der Waals surface area (Å²) in [4.78, 5) is 18.7. The monoisotopic (exact) mass is 270 g/mol. The molecule has 5 nitrogen and oxygen atoms in total. The molecule has 2 N–H and O–H groups in total. The maximum absolute atomic E-state index is 12.1. The van der Waals surface area contributed by atoms with Gasteiger partial charge < -0.3 is 10.6 Å². The zero-order chi connectivity index (χ0) is 14.3. The minimum absolute atomic E-state index is 0.254.